The monoisotopic (exact) mass is 479 g/mol. The van der Waals surface area contributed by atoms with Crippen molar-refractivity contribution < 1.29 is 19.1 Å². The average Bonchev–Trinajstić information content (AvgIpc) is 2.89. The van der Waals surface area contributed by atoms with Crippen LogP contribution < -0.4 is 21.7 Å². The maximum Gasteiger partial charge on any atom is 0.306 e. The van der Waals surface area contributed by atoms with Gasteiger partial charge in [0.05, 0.1) is 12.1 Å². The lowest BCUT2D eigenvalue weighted by molar-refractivity contribution is -0.155. The summed E-state index contributed by atoms with van der Waals surface area (Å²) in [4.78, 5) is 43.7. The quantitative estimate of drug-likeness (QED) is 0.317. The summed E-state index contributed by atoms with van der Waals surface area (Å²) < 4.78 is 5.49. The molecule has 2 aromatic rings. The first kappa shape index (κ1) is 25.7. The molecule has 0 spiro atoms. The molecular weight excluding hydrogens is 446 g/mol. The van der Waals surface area contributed by atoms with Crippen molar-refractivity contribution in [1.29, 1.82) is 0 Å². The molecule has 1 aliphatic rings. The van der Waals surface area contributed by atoms with E-state index in [1.54, 1.807) is 12.1 Å². The molecule has 1 atom stereocenters. The van der Waals surface area contributed by atoms with Gasteiger partial charge < -0.3 is 26.4 Å². The van der Waals surface area contributed by atoms with Gasteiger partial charge in [-0.2, -0.15) is 0 Å². The van der Waals surface area contributed by atoms with Crippen LogP contribution in [0.25, 0.3) is 0 Å². The largest absolute Gasteiger partial charge is 0.460 e. The molecule has 5 N–H and O–H groups in total. The molecule has 1 aliphatic heterocycles. The zero-order chi connectivity index (χ0) is 25.6. The Morgan fingerprint density at radius 3 is 2.46 bits per heavy atom. The van der Waals surface area contributed by atoms with Crippen molar-refractivity contribution in [2.75, 3.05) is 11.4 Å². The third-order valence-corrected chi connectivity index (χ3v) is 5.49. The van der Waals surface area contributed by atoms with Crippen molar-refractivity contribution in [2.24, 2.45) is 16.5 Å². The number of carbonyl (C=O) groups is 3. The second-order valence-corrected chi connectivity index (χ2v) is 9.54. The number of nitrogens with one attached hydrogen (secondary N) is 1. The molecule has 0 saturated heterocycles. The first-order chi connectivity index (χ1) is 16.5. The molecule has 1 heterocycles. The summed E-state index contributed by atoms with van der Waals surface area (Å²) >= 11 is 0. The van der Waals surface area contributed by atoms with Gasteiger partial charge >= 0.3 is 5.97 Å². The third kappa shape index (κ3) is 7.56. The van der Waals surface area contributed by atoms with E-state index in [1.807, 2.05) is 57.2 Å². The Morgan fingerprint density at radius 2 is 1.80 bits per heavy atom. The third-order valence-electron chi connectivity index (χ3n) is 5.49. The highest BCUT2D eigenvalue weighted by atomic mass is 16.6. The van der Waals surface area contributed by atoms with Crippen LogP contribution in [0.1, 0.15) is 57.1 Å². The van der Waals surface area contributed by atoms with Crippen LogP contribution in [0.15, 0.2) is 53.5 Å². The Morgan fingerprint density at radius 1 is 1.11 bits per heavy atom. The van der Waals surface area contributed by atoms with E-state index in [2.05, 4.69) is 10.3 Å². The molecule has 0 fully saturated rings. The topological polar surface area (TPSA) is 140 Å². The highest BCUT2D eigenvalue weighted by Gasteiger charge is 2.31. The number of nitrogens with zero attached hydrogens (tertiary/aromatic N) is 2. The number of carbonyl (C=O) groups excluding carboxylic acids is 3. The first-order valence-electron chi connectivity index (χ1n) is 11.6. The molecule has 0 aliphatic carbocycles. The number of guanidine groups is 1. The summed E-state index contributed by atoms with van der Waals surface area (Å²) in [5, 5.41) is 2.86. The van der Waals surface area contributed by atoms with Crippen LogP contribution in [0.5, 0.6) is 0 Å². The number of para-hydroxylation sites is 1. The fraction of sp³-hybridized carbons (Fsp3) is 0.385. The number of anilines is 1. The Balaban J connectivity index is 1.68. The number of benzene rings is 2. The fourth-order valence-electron chi connectivity index (χ4n) is 4.01. The smallest absolute Gasteiger partial charge is 0.306 e. The number of fused-ring (bicyclic) bond motifs is 1. The number of nitrogens with two attached hydrogens (primary N) is 2. The van der Waals surface area contributed by atoms with Gasteiger partial charge in [-0.05, 0) is 62.4 Å². The van der Waals surface area contributed by atoms with Gasteiger partial charge in [-0.15, -0.1) is 0 Å². The second-order valence-electron chi connectivity index (χ2n) is 9.54. The molecule has 2 aromatic carbocycles. The van der Waals surface area contributed by atoms with Crippen molar-refractivity contribution in [1.82, 2.24) is 5.32 Å². The first-order valence-corrected chi connectivity index (χ1v) is 11.6. The highest BCUT2D eigenvalue weighted by Crippen LogP contribution is 2.37. The van der Waals surface area contributed by atoms with Crippen LogP contribution in [0.3, 0.4) is 0 Å². The summed E-state index contributed by atoms with van der Waals surface area (Å²) in [5.41, 5.74) is 13.2. The van der Waals surface area contributed by atoms with E-state index >= 15 is 0 Å². The van der Waals surface area contributed by atoms with E-state index in [0.29, 0.717) is 24.3 Å². The van der Waals surface area contributed by atoms with Gasteiger partial charge in [0.2, 0.25) is 11.8 Å². The number of hydrogen-bond acceptors (Lipinski definition) is 5. The maximum absolute atomic E-state index is 13.0. The van der Waals surface area contributed by atoms with Crippen LogP contribution in [-0.4, -0.2) is 35.9 Å². The van der Waals surface area contributed by atoms with Crippen LogP contribution in [0.4, 0.5) is 11.4 Å². The molecule has 186 valence electrons. The second kappa shape index (κ2) is 11.0. The van der Waals surface area contributed by atoms with Gasteiger partial charge in [-0.25, -0.2) is 4.99 Å². The predicted molar refractivity (Wildman–Crippen MR) is 135 cm³/mol. The van der Waals surface area contributed by atoms with Crippen molar-refractivity contribution in [3.05, 3.63) is 59.7 Å². The number of ether oxygens (including phenoxy) is 1. The molecule has 3 rings (SSSR count). The van der Waals surface area contributed by atoms with E-state index in [1.165, 1.54) is 4.90 Å². The van der Waals surface area contributed by atoms with Gasteiger partial charge in [0.1, 0.15) is 12.1 Å². The lowest BCUT2D eigenvalue weighted by Gasteiger charge is -2.24. The predicted octanol–water partition coefficient (Wildman–Crippen LogP) is 2.85. The van der Waals surface area contributed by atoms with Gasteiger partial charge in [0.25, 0.3) is 0 Å². The van der Waals surface area contributed by atoms with Crippen molar-refractivity contribution in [2.45, 2.75) is 58.1 Å². The molecule has 1 unspecified atom stereocenters. The SMILES string of the molecule is CC(C)(C)OC(=O)CC1CCC(=O)N(CC(=O)NCc2ccc(N=C(N)N)cc2)c2ccccc21. The number of hydrogen-bond donors (Lipinski definition) is 3. The Bertz CT molecular complexity index is 1100. The highest BCUT2D eigenvalue weighted by molar-refractivity contribution is 6.00. The van der Waals surface area contributed by atoms with E-state index < -0.39 is 5.60 Å². The summed E-state index contributed by atoms with van der Waals surface area (Å²) in [6, 6.07) is 14.6. The number of esters is 1. The molecule has 9 heteroatoms. The van der Waals surface area contributed by atoms with E-state index in [4.69, 9.17) is 16.2 Å². The Kier molecular flexibility index (Phi) is 8.11. The molecule has 0 radical (unpaired) electrons. The number of aliphatic imine (C=N–C) groups is 1. The van der Waals surface area contributed by atoms with Crippen LogP contribution in [0, 0.1) is 0 Å². The van der Waals surface area contributed by atoms with Crippen molar-refractivity contribution >= 4 is 35.1 Å². The molecule has 2 amide bonds. The maximum atomic E-state index is 13.0. The molecule has 9 nitrogen and oxygen atoms in total. The van der Waals surface area contributed by atoms with Crippen molar-refractivity contribution in [3.8, 4) is 0 Å². The standard InChI is InChI=1S/C26H33N5O4/c1-26(2,3)35-24(34)14-18-10-13-23(33)31(21-7-5-4-6-20(18)21)16-22(32)29-15-17-8-11-19(12-9-17)30-25(27)28/h4-9,11-12,18H,10,13-16H2,1-3H3,(H,29,32)(H4,27,28,30). The van der Waals surface area contributed by atoms with E-state index in [0.717, 1.165) is 11.1 Å². The molecular formula is C26H33N5O4. The molecule has 35 heavy (non-hydrogen) atoms. The molecule has 0 aromatic heterocycles. The number of amides is 2. The van der Waals surface area contributed by atoms with Gasteiger partial charge in [0, 0.05) is 18.7 Å². The average molecular weight is 480 g/mol. The normalized spacial score (nSPS) is 15.6. The van der Waals surface area contributed by atoms with E-state index in [9.17, 15) is 14.4 Å². The van der Waals surface area contributed by atoms with Crippen LogP contribution in [-0.2, 0) is 25.7 Å². The van der Waals surface area contributed by atoms with E-state index in [-0.39, 0.29) is 49.0 Å². The zero-order valence-electron chi connectivity index (χ0n) is 20.4. The summed E-state index contributed by atoms with van der Waals surface area (Å²) in [6.45, 7) is 5.67. The summed E-state index contributed by atoms with van der Waals surface area (Å²) in [5.74, 6) is -0.932. The van der Waals surface area contributed by atoms with Crippen molar-refractivity contribution in [3.63, 3.8) is 0 Å². The van der Waals surface area contributed by atoms with Gasteiger partial charge in [0.15, 0.2) is 5.96 Å². The summed E-state index contributed by atoms with van der Waals surface area (Å²) in [7, 11) is 0. The fourth-order valence-corrected chi connectivity index (χ4v) is 4.01. The number of rotatable bonds is 7. The minimum Gasteiger partial charge on any atom is -0.460 e. The van der Waals surface area contributed by atoms with Crippen LogP contribution >= 0.6 is 0 Å². The van der Waals surface area contributed by atoms with Gasteiger partial charge in [-0.3, -0.25) is 14.4 Å². The zero-order valence-corrected chi connectivity index (χ0v) is 20.4. The minimum atomic E-state index is -0.577. The Hall–Kier alpha value is -3.88. The summed E-state index contributed by atoms with van der Waals surface area (Å²) in [6.07, 6.45) is 0.925. The molecule has 0 bridgehead atoms. The lowest BCUT2D eigenvalue weighted by Crippen LogP contribution is -2.40. The van der Waals surface area contributed by atoms with Crippen LogP contribution in [0.2, 0.25) is 0 Å². The Labute approximate surface area is 205 Å². The minimum absolute atomic E-state index is 0.0261. The lowest BCUT2D eigenvalue weighted by atomic mass is 9.91. The van der Waals surface area contributed by atoms with Gasteiger partial charge in [-0.1, -0.05) is 30.3 Å². The molecule has 0 saturated carbocycles.